The van der Waals surface area contributed by atoms with Gasteiger partial charge in [-0.1, -0.05) is 49.6 Å². The van der Waals surface area contributed by atoms with Crippen LogP contribution in [0.15, 0.2) is 77.2 Å². The third-order valence-electron chi connectivity index (χ3n) is 7.48. The maximum Gasteiger partial charge on any atom is 0.341 e. The summed E-state index contributed by atoms with van der Waals surface area (Å²) in [5.74, 6) is 5.50. The second-order valence-corrected chi connectivity index (χ2v) is 10.4. The van der Waals surface area contributed by atoms with Crippen LogP contribution in [0.4, 0.5) is 5.69 Å². The summed E-state index contributed by atoms with van der Waals surface area (Å²) in [4.78, 5) is 17.7. The molecule has 206 valence electrons. The first-order chi connectivity index (χ1) is 18.8. The fourth-order valence-corrected chi connectivity index (χ4v) is 5.39. The van der Waals surface area contributed by atoms with Crippen LogP contribution >= 0.6 is 0 Å². The van der Waals surface area contributed by atoms with E-state index in [-0.39, 0.29) is 24.0 Å². The zero-order valence-electron chi connectivity index (χ0n) is 22.9. The number of nitrogens with zero attached hydrogens (tertiary/aromatic N) is 2. The summed E-state index contributed by atoms with van der Waals surface area (Å²) in [6.45, 7) is 1.99. The van der Waals surface area contributed by atoms with Crippen molar-refractivity contribution in [3.05, 3.63) is 77.8 Å². The molecule has 0 bridgehead atoms. The van der Waals surface area contributed by atoms with Gasteiger partial charge < -0.3 is 26.6 Å². The highest BCUT2D eigenvalue weighted by Crippen LogP contribution is 2.46. The van der Waals surface area contributed by atoms with Crippen molar-refractivity contribution < 1.29 is 9.53 Å². The van der Waals surface area contributed by atoms with Gasteiger partial charge in [0.15, 0.2) is 0 Å². The van der Waals surface area contributed by atoms with Crippen LogP contribution in [-0.4, -0.2) is 36.1 Å². The van der Waals surface area contributed by atoms with Crippen LogP contribution in [-0.2, 0) is 9.53 Å². The maximum atomic E-state index is 12.8. The Bertz CT molecular complexity index is 1290. The molecule has 2 aliphatic carbocycles. The quantitative estimate of drug-likeness (QED) is 0.112. The number of carbonyl (C=O) groups is 1. The number of benzene rings is 2. The van der Waals surface area contributed by atoms with Crippen LogP contribution in [0.1, 0.15) is 51.0 Å². The number of esters is 1. The van der Waals surface area contributed by atoms with Gasteiger partial charge in [0.25, 0.3) is 0 Å². The van der Waals surface area contributed by atoms with Crippen molar-refractivity contribution in [3.8, 4) is 11.1 Å². The number of hydrogen-bond acceptors (Lipinski definition) is 8. The predicted molar refractivity (Wildman–Crippen MR) is 157 cm³/mol. The molecule has 8 heteroatoms. The van der Waals surface area contributed by atoms with Crippen molar-refractivity contribution in [1.29, 1.82) is 5.41 Å². The number of hydrazine groups is 1. The molecule has 7 N–H and O–H groups in total. The Hall–Kier alpha value is -3.91. The van der Waals surface area contributed by atoms with E-state index in [4.69, 9.17) is 32.4 Å². The first-order valence-corrected chi connectivity index (χ1v) is 13.7. The van der Waals surface area contributed by atoms with E-state index in [1.54, 1.807) is 20.2 Å². The van der Waals surface area contributed by atoms with Crippen LogP contribution in [0.2, 0.25) is 0 Å². The lowest BCUT2D eigenvalue weighted by atomic mass is 9.83. The minimum Gasteiger partial charge on any atom is -0.462 e. The second kappa shape index (κ2) is 12.8. The fourth-order valence-electron chi connectivity index (χ4n) is 5.39. The normalized spacial score (nSPS) is 20.4. The summed E-state index contributed by atoms with van der Waals surface area (Å²) in [6.07, 6.45) is 9.54. The lowest BCUT2D eigenvalue weighted by molar-refractivity contribution is -0.137. The molecule has 4 rings (SSSR count). The van der Waals surface area contributed by atoms with Crippen molar-refractivity contribution in [2.24, 2.45) is 40.1 Å². The molecule has 2 unspecified atom stereocenters. The molecule has 0 aliphatic heterocycles. The highest BCUT2D eigenvalue weighted by atomic mass is 16.5. The number of nitrogens with two attached hydrogens (primary N) is 3. The average Bonchev–Trinajstić information content (AvgIpc) is 3.74. The van der Waals surface area contributed by atoms with E-state index < -0.39 is 5.97 Å². The predicted octanol–water partition coefficient (Wildman–Crippen LogP) is 5.02. The highest BCUT2D eigenvalue weighted by molar-refractivity contribution is 6.22. The van der Waals surface area contributed by atoms with Crippen LogP contribution in [0.25, 0.3) is 11.1 Å². The van der Waals surface area contributed by atoms with Gasteiger partial charge in [0, 0.05) is 48.6 Å². The third kappa shape index (κ3) is 6.95. The number of allylic oxidation sites excluding steroid dienone is 1. The van der Waals surface area contributed by atoms with Crippen molar-refractivity contribution in [2.75, 3.05) is 13.7 Å². The van der Waals surface area contributed by atoms with Crippen LogP contribution < -0.4 is 17.3 Å². The lowest BCUT2D eigenvalue weighted by Crippen LogP contribution is -2.23. The molecule has 2 aromatic rings. The Balaban J connectivity index is 1.66. The van der Waals surface area contributed by atoms with Crippen molar-refractivity contribution in [3.63, 3.8) is 0 Å². The fraction of sp³-hybridized carbons (Fsp3) is 0.387. The van der Waals surface area contributed by atoms with Crippen LogP contribution in [0.5, 0.6) is 0 Å². The molecule has 2 saturated carbocycles. The minimum absolute atomic E-state index is 0.00444. The molecule has 0 saturated heterocycles. The molecular formula is C31H40N6O2. The molecule has 2 aromatic carbocycles. The highest BCUT2D eigenvalue weighted by Gasteiger charge is 2.45. The van der Waals surface area contributed by atoms with Crippen molar-refractivity contribution in [2.45, 2.75) is 45.4 Å². The summed E-state index contributed by atoms with van der Waals surface area (Å²) in [6, 6.07) is 16.1. The molecule has 2 atom stereocenters. The molecule has 0 aromatic heterocycles. The Kier molecular flexibility index (Phi) is 9.19. The number of nitrogens with one attached hydrogen (secondary N) is 1. The molecule has 2 aliphatic rings. The van der Waals surface area contributed by atoms with E-state index in [2.05, 4.69) is 12.1 Å². The molecule has 0 radical (unpaired) electrons. The van der Waals surface area contributed by atoms with E-state index in [0.29, 0.717) is 23.0 Å². The summed E-state index contributed by atoms with van der Waals surface area (Å²) in [5.41, 5.74) is 18.0. The third-order valence-corrected chi connectivity index (χ3v) is 7.48. The van der Waals surface area contributed by atoms with Gasteiger partial charge in [-0.2, -0.15) is 0 Å². The van der Waals surface area contributed by atoms with Gasteiger partial charge in [-0.15, -0.1) is 0 Å². The van der Waals surface area contributed by atoms with Gasteiger partial charge in [-0.05, 0) is 61.1 Å². The number of carbonyl (C=O) groups excluding carboxylic acids is 1. The summed E-state index contributed by atoms with van der Waals surface area (Å²) in [5, 5.41) is 10.2. The Morgan fingerprint density at radius 2 is 1.79 bits per heavy atom. The summed E-state index contributed by atoms with van der Waals surface area (Å²) < 4.78 is 5.27. The molecule has 0 amide bonds. The first-order valence-electron chi connectivity index (χ1n) is 13.7. The van der Waals surface area contributed by atoms with Gasteiger partial charge in [0.1, 0.15) is 0 Å². The monoisotopic (exact) mass is 528 g/mol. The number of rotatable bonds is 10. The van der Waals surface area contributed by atoms with Crippen LogP contribution in [0.3, 0.4) is 0 Å². The Morgan fingerprint density at radius 3 is 2.46 bits per heavy atom. The van der Waals surface area contributed by atoms with Crippen molar-refractivity contribution >= 4 is 23.1 Å². The molecule has 39 heavy (non-hydrogen) atoms. The van der Waals surface area contributed by atoms with E-state index in [1.807, 2.05) is 36.4 Å². The largest absolute Gasteiger partial charge is 0.462 e. The molecular weight excluding hydrogens is 488 g/mol. The zero-order valence-corrected chi connectivity index (χ0v) is 22.9. The van der Waals surface area contributed by atoms with E-state index in [9.17, 15) is 4.79 Å². The van der Waals surface area contributed by atoms with Gasteiger partial charge in [-0.25, -0.2) is 10.6 Å². The maximum absolute atomic E-state index is 12.8. The lowest BCUT2D eigenvalue weighted by Gasteiger charge is -2.22. The first kappa shape index (κ1) is 28.1. The summed E-state index contributed by atoms with van der Waals surface area (Å²) >= 11 is 0. The molecule has 0 spiro atoms. The molecule has 0 heterocycles. The smallest absolute Gasteiger partial charge is 0.341 e. The second-order valence-electron chi connectivity index (χ2n) is 10.4. The number of aliphatic imine (C=N–C) groups is 1. The summed E-state index contributed by atoms with van der Waals surface area (Å²) in [7, 11) is 1.71. The van der Waals surface area contributed by atoms with Gasteiger partial charge in [-0.3, -0.25) is 4.99 Å². The van der Waals surface area contributed by atoms with Crippen molar-refractivity contribution in [1.82, 2.24) is 5.01 Å². The standard InChI is InChI=1S/C31H40N6O2/c1-3-39-31(38)27(18-32)30(26-17-25(26)28(33)19-37(2)35)36-24-14-8-12-22(16-24)21-11-7-13-23(15-21)29(34)20-9-5-4-6-10-20/h7-8,11-16,18-20,25-26,34H,3-6,9-10,17,32-33,35H2,1-2H3/b27-18?,28-19-,34-29?,36-30?. The van der Waals surface area contributed by atoms with Gasteiger partial charge >= 0.3 is 5.97 Å². The number of ether oxygens (including phenoxy) is 1. The average molecular weight is 529 g/mol. The van der Waals surface area contributed by atoms with E-state index >= 15 is 0 Å². The molecule has 2 fully saturated rings. The topological polar surface area (TPSA) is 144 Å². The van der Waals surface area contributed by atoms with Gasteiger partial charge in [0.2, 0.25) is 0 Å². The van der Waals surface area contributed by atoms with E-state index in [1.165, 1.54) is 30.5 Å². The minimum atomic E-state index is -0.507. The zero-order chi connectivity index (χ0) is 27.9. The van der Waals surface area contributed by atoms with Gasteiger partial charge in [0.05, 0.1) is 23.6 Å². The number of hydrogen-bond donors (Lipinski definition) is 4. The molecule has 8 nitrogen and oxygen atoms in total. The Morgan fingerprint density at radius 1 is 1.10 bits per heavy atom. The Labute approximate surface area is 231 Å². The van der Waals surface area contributed by atoms with Crippen LogP contribution in [0, 0.1) is 23.2 Å². The SMILES string of the molecule is CCOC(=O)C(=CN)C(=Nc1cccc(-c2cccc(C(=N)C3CCCCC3)c2)c1)C1CC1/C(N)=C/N(C)N. The van der Waals surface area contributed by atoms with E-state index in [0.717, 1.165) is 41.7 Å².